The number of nitriles is 1. The summed E-state index contributed by atoms with van der Waals surface area (Å²) >= 11 is 1.44. The van der Waals surface area contributed by atoms with Crippen LogP contribution < -0.4 is 16.0 Å². The molecule has 0 saturated heterocycles. The number of thiophene rings is 1. The quantitative estimate of drug-likeness (QED) is 0.161. The van der Waals surface area contributed by atoms with Crippen molar-refractivity contribution in [2.24, 2.45) is 0 Å². The van der Waals surface area contributed by atoms with Gasteiger partial charge in [0.2, 0.25) is 0 Å². The maximum Gasteiger partial charge on any atom is 0.332 e. The lowest BCUT2D eigenvalue weighted by Crippen LogP contribution is -2.41. The summed E-state index contributed by atoms with van der Waals surface area (Å²) in [5.41, 5.74) is 3.91. The molecule has 0 amide bonds. The van der Waals surface area contributed by atoms with Crippen molar-refractivity contribution in [3.05, 3.63) is 121 Å². The number of hydrogen-bond acceptors (Lipinski definition) is 6. The Labute approximate surface area is 254 Å². The zero-order valence-corrected chi connectivity index (χ0v) is 25.4. The summed E-state index contributed by atoms with van der Waals surface area (Å²) in [7, 11) is 1.55. The summed E-state index contributed by atoms with van der Waals surface area (Å²) in [5.74, 6) is 0.284. The Morgan fingerprint density at radius 3 is 2.42 bits per heavy atom. The first kappa shape index (κ1) is 29.7. The van der Waals surface area contributed by atoms with Gasteiger partial charge >= 0.3 is 5.69 Å². The van der Waals surface area contributed by atoms with E-state index >= 15 is 0 Å². The van der Waals surface area contributed by atoms with Gasteiger partial charge in [0.1, 0.15) is 10.6 Å². The number of rotatable bonds is 11. The van der Waals surface area contributed by atoms with Gasteiger partial charge in [-0.05, 0) is 77.9 Å². The van der Waals surface area contributed by atoms with Gasteiger partial charge in [0.05, 0.1) is 37.2 Å². The van der Waals surface area contributed by atoms with E-state index in [-0.39, 0.29) is 18.9 Å². The lowest BCUT2D eigenvalue weighted by atomic mass is 9.94. The minimum atomic E-state index is -0.510. The van der Waals surface area contributed by atoms with Crippen LogP contribution in [0.4, 0.5) is 0 Å². The molecule has 0 bridgehead atoms. The molecule has 8 heteroatoms. The topological polar surface area (TPSA) is 94.1 Å². The Balaban J connectivity index is 1.61. The molecular weight excluding hydrogens is 558 g/mol. The lowest BCUT2D eigenvalue weighted by molar-refractivity contribution is 0.0969. The van der Waals surface area contributed by atoms with Crippen molar-refractivity contribution < 1.29 is 9.53 Å². The van der Waals surface area contributed by atoms with Gasteiger partial charge in [0.15, 0.2) is 5.78 Å². The number of hydrogen-bond donors (Lipinski definition) is 0. The molecule has 0 aliphatic heterocycles. The number of carbonyl (C=O) groups excluding carboxylic acids is 1. The molecule has 0 fully saturated rings. The Morgan fingerprint density at radius 2 is 1.72 bits per heavy atom. The number of unbranched alkanes of at least 4 members (excludes halogenated alkanes) is 1. The maximum atomic E-state index is 14.0. The summed E-state index contributed by atoms with van der Waals surface area (Å²) in [6, 6.07) is 24.4. The molecule has 0 aliphatic rings. The van der Waals surface area contributed by atoms with Crippen molar-refractivity contribution >= 4 is 27.3 Å². The first-order valence-electron chi connectivity index (χ1n) is 14.4. The van der Waals surface area contributed by atoms with Crippen molar-refractivity contribution in [3.8, 4) is 22.9 Å². The molecule has 0 unspecified atom stereocenters. The van der Waals surface area contributed by atoms with Gasteiger partial charge in [0, 0.05) is 10.4 Å². The third-order valence-electron chi connectivity index (χ3n) is 7.70. The molecule has 5 aromatic rings. The number of methoxy groups -OCH3 is 1. The first-order valence-corrected chi connectivity index (χ1v) is 15.2. The number of Topliss-reactive ketones (excluding diaryl/α,β-unsaturated/α-hetero) is 1. The highest BCUT2D eigenvalue weighted by atomic mass is 32.1. The van der Waals surface area contributed by atoms with Gasteiger partial charge in [-0.15, -0.1) is 11.3 Å². The lowest BCUT2D eigenvalue weighted by Gasteiger charge is -2.16. The molecule has 218 valence electrons. The molecule has 0 aliphatic carbocycles. The Bertz CT molecular complexity index is 1960. The number of ketones is 1. The number of nitrogens with zero attached hydrogens (tertiary/aromatic N) is 3. The second-order valence-corrected chi connectivity index (χ2v) is 11.6. The minimum Gasteiger partial charge on any atom is -0.497 e. The molecule has 2 heterocycles. The van der Waals surface area contributed by atoms with E-state index in [9.17, 15) is 19.6 Å². The van der Waals surface area contributed by atoms with Gasteiger partial charge in [-0.25, -0.2) is 4.79 Å². The van der Waals surface area contributed by atoms with Crippen LogP contribution in [-0.2, 0) is 25.9 Å². The molecule has 0 saturated carbocycles. The number of carbonyl (C=O) groups is 1. The Hall–Kier alpha value is -4.74. The van der Waals surface area contributed by atoms with Crippen molar-refractivity contribution in [1.82, 2.24) is 9.13 Å². The van der Waals surface area contributed by atoms with E-state index in [0.29, 0.717) is 27.1 Å². The zero-order chi connectivity index (χ0) is 30.5. The molecular formula is C35H33N3O4S. The van der Waals surface area contributed by atoms with Crippen LogP contribution in [0.2, 0.25) is 0 Å². The van der Waals surface area contributed by atoms with E-state index in [1.165, 1.54) is 11.3 Å². The second kappa shape index (κ2) is 13.1. The number of aromatic nitrogens is 2. The van der Waals surface area contributed by atoms with Crippen molar-refractivity contribution in [2.45, 2.75) is 52.6 Å². The van der Waals surface area contributed by atoms with Crippen LogP contribution in [0.5, 0.6) is 5.75 Å². The van der Waals surface area contributed by atoms with Crippen molar-refractivity contribution in [2.75, 3.05) is 7.11 Å². The summed E-state index contributed by atoms with van der Waals surface area (Å²) in [6.07, 6.45) is 3.51. The van der Waals surface area contributed by atoms with Crippen LogP contribution in [0, 0.1) is 11.3 Å². The summed E-state index contributed by atoms with van der Waals surface area (Å²) in [4.78, 5) is 42.4. The minimum absolute atomic E-state index is 0.259. The SMILES string of the molecule is CCCCc1cc(-c2ccccc2C#N)ccc1Cn1c(=O)n(CC(=O)c2ccc(OC)cc2)c(=O)c2cc(CC)sc21. The molecule has 3 aromatic carbocycles. The summed E-state index contributed by atoms with van der Waals surface area (Å²) in [6.45, 7) is 4.05. The summed E-state index contributed by atoms with van der Waals surface area (Å²) < 4.78 is 7.88. The molecule has 0 atom stereocenters. The van der Waals surface area contributed by atoms with Crippen LogP contribution in [0.1, 0.15) is 58.6 Å². The van der Waals surface area contributed by atoms with Crippen LogP contribution in [0.3, 0.4) is 0 Å². The Kier molecular flexibility index (Phi) is 9.03. The Morgan fingerprint density at radius 1 is 0.953 bits per heavy atom. The monoisotopic (exact) mass is 591 g/mol. The molecule has 2 aromatic heterocycles. The van der Waals surface area contributed by atoms with E-state index in [1.807, 2.05) is 49.4 Å². The molecule has 5 rings (SSSR count). The van der Waals surface area contributed by atoms with Gasteiger partial charge < -0.3 is 4.74 Å². The molecule has 7 nitrogen and oxygen atoms in total. The van der Waals surface area contributed by atoms with Crippen LogP contribution >= 0.6 is 11.3 Å². The normalized spacial score (nSPS) is 11.0. The van der Waals surface area contributed by atoms with Crippen molar-refractivity contribution in [1.29, 1.82) is 5.26 Å². The molecule has 0 radical (unpaired) electrons. The third-order valence-corrected chi connectivity index (χ3v) is 9.00. The van der Waals surface area contributed by atoms with E-state index in [1.54, 1.807) is 35.9 Å². The second-order valence-electron chi connectivity index (χ2n) is 10.4. The van der Waals surface area contributed by atoms with Gasteiger partial charge in [-0.2, -0.15) is 5.26 Å². The average molecular weight is 592 g/mol. The van der Waals surface area contributed by atoms with Crippen molar-refractivity contribution in [3.63, 3.8) is 0 Å². The zero-order valence-electron chi connectivity index (χ0n) is 24.6. The molecule has 0 spiro atoms. The number of aryl methyl sites for hydroxylation is 2. The highest BCUT2D eigenvalue weighted by molar-refractivity contribution is 7.18. The van der Waals surface area contributed by atoms with Gasteiger partial charge in [0.25, 0.3) is 5.56 Å². The van der Waals surface area contributed by atoms with Crippen LogP contribution in [0.15, 0.2) is 82.4 Å². The fourth-order valence-corrected chi connectivity index (χ4v) is 6.34. The molecule has 43 heavy (non-hydrogen) atoms. The standard InChI is InChI=1S/C35H33N3O4S/c1-4-6-9-24-18-25(30-11-8-7-10-26(30)20-36)12-13-27(24)21-38-34-31(19-29(5-2)43-34)33(40)37(35(38)41)22-32(39)23-14-16-28(42-3)17-15-23/h7-8,10-19H,4-6,9,21-22H2,1-3H3. The summed E-state index contributed by atoms with van der Waals surface area (Å²) in [5, 5.41) is 10.1. The predicted molar refractivity (Wildman–Crippen MR) is 171 cm³/mol. The number of ether oxygens (including phenoxy) is 1. The van der Waals surface area contributed by atoms with Gasteiger partial charge in [-0.1, -0.05) is 56.7 Å². The van der Waals surface area contributed by atoms with E-state index < -0.39 is 11.2 Å². The predicted octanol–water partition coefficient (Wildman–Crippen LogP) is 6.61. The average Bonchev–Trinajstić information content (AvgIpc) is 3.49. The number of benzene rings is 3. The highest BCUT2D eigenvalue weighted by Crippen LogP contribution is 2.28. The smallest absolute Gasteiger partial charge is 0.332 e. The fourth-order valence-electron chi connectivity index (χ4n) is 5.27. The highest BCUT2D eigenvalue weighted by Gasteiger charge is 2.20. The largest absolute Gasteiger partial charge is 0.497 e. The number of fused-ring (bicyclic) bond motifs is 1. The third kappa shape index (κ3) is 6.08. The van der Waals surface area contributed by atoms with E-state index in [0.717, 1.165) is 57.4 Å². The van der Waals surface area contributed by atoms with E-state index in [2.05, 4.69) is 19.1 Å². The first-order chi connectivity index (χ1) is 20.9. The fraction of sp³-hybridized carbons (Fsp3) is 0.257. The van der Waals surface area contributed by atoms with Crippen LogP contribution in [0.25, 0.3) is 21.3 Å². The maximum absolute atomic E-state index is 14.0. The van der Waals surface area contributed by atoms with E-state index in [4.69, 9.17) is 4.74 Å². The van der Waals surface area contributed by atoms with Crippen LogP contribution in [-0.4, -0.2) is 22.0 Å². The van der Waals surface area contributed by atoms with Gasteiger partial charge in [-0.3, -0.25) is 18.7 Å². The molecule has 0 N–H and O–H groups in total.